The third-order valence-corrected chi connectivity index (χ3v) is 6.27. The van der Waals surface area contributed by atoms with E-state index in [-0.39, 0.29) is 10.9 Å². The zero-order chi connectivity index (χ0) is 16.6. The van der Waals surface area contributed by atoms with E-state index in [1.54, 1.807) is 16.4 Å². The summed E-state index contributed by atoms with van der Waals surface area (Å²) in [5, 5.41) is 0. The van der Waals surface area contributed by atoms with Gasteiger partial charge >= 0.3 is 0 Å². The van der Waals surface area contributed by atoms with Crippen molar-refractivity contribution in [2.75, 3.05) is 11.4 Å². The Bertz CT molecular complexity index is 830. The second-order valence-electron chi connectivity index (χ2n) is 5.97. The average Bonchev–Trinajstić information content (AvgIpc) is 2.54. The Hall–Kier alpha value is -2.01. The van der Waals surface area contributed by atoms with Gasteiger partial charge in [0.05, 0.1) is 12.8 Å². The van der Waals surface area contributed by atoms with Crippen LogP contribution in [-0.4, -0.2) is 21.6 Å². The van der Waals surface area contributed by atoms with Crippen LogP contribution in [-0.2, 0) is 16.4 Å². The summed E-state index contributed by atoms with van der Waals surface area (Å²) in [5.41, 5.74) is 2.73. The summed E-state index contributed by atoms with van der Waals surface area (Å²) in [7, 11) is -2.18. The number of sulfonamides is 1. The van der Waals surface area contributed by atoms with Gasteiger partial charge in [-0.3, -0.25) is 4.31 Å². The van der Waals surface area contributed by atoms with Gasteiger partial charge in [0.25, 0.3) is 10.0 Å². The fourth-order valence-corrected chi connectivity index (χ4v) is 5.08. The maximum absolute atomic E-state index is 13.3. The minimum absolute atomic E-state index is 0.0832. The second-order valence-corrected chi connectivity index (χ2v) is 7.75. The normalized spacial score (nSPS) is 17.7. The predicted molar refractivity (Wildman–Crippen MR) is 91.6 cm³/mol. The minimum atomic E-state index is -3.68. The van der Waals surface area contributed by atoms with Crippen LogP contribution in [0.15, 0.2) is 47.4 Å². The Morgan fingerprint density at radius 2 is 1.91 bits per heavy atom. The van der Waals surface area contributed by atoms with Gasteiger partial charge in [0, 0.05) is 6.04 Å². The van der Waals surface area contributed by atoms with E-state index in [4.69, 9.17) is 4.74 Å². The first kappa shape index (κ1) is 15.9. The Balaban J connectivity index is 2.19. The molecule has 0 saturated carbocycles. The summed E-state index contributed by atoms with van der Waals surface area (Å²) in [6, 6.07) is 12.9. The summed E-state index contributed by atoms with van der Waals surface area (Å²) in [6.07, 6.45) is 1.71. The number of rotatable bonds is 3. The van der Waals surface area contributed by atoms with Crippen molar-refractivity contribution in [3.05, 3.63) is 53.6 Å². The third kappa shape index (κ3) is 2.70. The van der Waals surface area contributed by atoms with Crippen LogP contribution >= 0.6 is 0 Å². The monoisotopic (exact) mass is 331 g/mol. The number of anilines is 1. The van der Waals surface area contributed by atoms with Gasteiger partial charge in [0.1, 0.15) is 10.6 Å². The van der Waals surface area contributed by atoms with E-state index in [2.05, 4.69) is 0 Å². The summed E-state index contributed by atoms with van der Waals surface area (Å²) in [5.74, 6) is 0.380. The molecular formula is C18H21NO3S. The van der Waals surface area contributed by atoms with E-state index in [1.165, 1.54) is 7.11 Å². The molecule has 1 atom stereocenters. The van der Waals surface area contributed by atoms with Crippen molar-refractivity contribution in [3.8, 4) is 5.75 Å². The van der Waals surface area contributed by atoms with Crippen molar-refractivity contribution in [2.24, 2.45) is 0 Å². The van der Waals surface area contributed by atoms with Gasteiger partial charge in [-0.1, -0.05) is 24.3 Å². The lowest BCUT2D eigenvalue weighted by atomic mass is 9.99. The zero-order valence-electron chi connectivity index (χ0n) is 13.6. The molecule has 3 rings (SSSR count). The van der Waals surface area contributed by atoms with Gasteiger partial charge < -0.3 is 4.74 Å². The number of para-hydroxylation sites is 1. The Labute approximate surface area is 137 Å². The van der Waals surface area contributed by atoms with Gasteiger partial charge in [-0.05, 0) is 56.0 Å². The Morgan fingerprint density at radius 3 is 2.65 bits per heavy atom. The number of aryl methyl sites for hydroxylation is 2. The first-order chi connectivity index (χ1) is 10.9. The molecule has 2 aromatic rings. The molecule has 5 heteroatoms. The third-order valence-electron chi connectivity index (χ3n) is 4.32. The molecule has 122 valence electrons. The number of hydrogen-bond donors (Lipinski definition) is 0. The van der Waals surface area contributed by atoms with Gasteiger partial charge in [0.2, 0.25) is 0 Å². The molecule has 0 aromatic heterocycles. The molecular weight excluding hydrogens is 310 g/mol. The molecule has 0 N–H and O–H groups in total. The number of hydrogen-bond acceptors (Lipinski definition) is 3. The van der Waals surface area contributed by atoms with Crippen molar-refractivity contribution < 1.29 is 13.2 Å². The Morgan fingerprint density at radius 1 is 1.17 bits per heavy atom. The molecule has 0 saturated heterocycles. The summed E-state index contributed by atoms with van der Waals surface area (Å²) in [6.45, 7) is 3.84. The molecule has 2 aromatic carbocycles. The fraction of sp³-hybridized carbons (Fsp3) is 0.333. The van der Waals surface area contributed by atoms with Crippen LogP contribution in [0.25, 0.3) is 0 Å². The standard InChI is InChI=1S/C18H21NO3S/c1-13-8-11-17(22-3)18(12-13)23(20,21)19-14(2)9-10-15-6-4-5-7-16(15)19/h4-8,11-12,14H,9-10H2,1-3H3. The maximum Gasteiger partial charge on any atom is 0.268 e. The highest BCUT2D eigenvalue weighted by molar-refractivity contribution is 7.93. The largest absolute Gasteiger partial charge is 0.495 e. The van der Waals surface area contributed by atoms with Crippen LogP contribution in [0.1, 0.15) is 24.5 Å². The molecule has 1 heterocycles. The molecule has 0 aliphatic carbocycles. The number of fused-ring (bicyclic) bond motifs is 1. The minimum Gasteiger partial charge on any atom is -0.495 e. The average molecular weight is 331 g/mol. The van der Waals surface area contributed by atoms with E-state index >= 15 is 0 Å². The predicted octanol–water partition coefficient (Wildman–Crippen LogP) is 3.53. The quantitative estimate of drug-likeness (QED) is 0.864. The van der Waals surface area contributed by atoms with Gasteiger partial charge in [-0.15, -0.1) is 0 Å². The Kier molecular flexibility index (Phi) is 4.06. The SMILES string of the molecule is COc1ccc(C)cc1S(=O)(=O)N1c2ccccc2CCC1C. The summed E-state index contributed by atoms with van der Waals surface area (Å²) >= 11 is 0. The van der Waals surface area contributed by atoms with Crippen molar-refractivity contribution in [3.63, 3.8) is 0 Å². The highest BCUT2D eigenvalue weighted by Gasteiger charge is 2.35. The zero-order valence-corrected chi connectivity index (χ0v) is 14.4. The molecule has 0 spiro atoms. The molecule has 23 heavy (non-hydrogen) atoms. The van der Waals surface area contributed by atoms with E-state index in [9.17, 15) is 8.42 Å². The molecule has 1 aliphatic heterocycles. The van der Waals surface area contributed by atoms with Crippen LogP contribution in [0.4, 0.5) is 5.69 Å². The lowest BCUT2D eigenvalue weighted by Gasteiger charge is -2.36. The van der Waals surface area contributed by atoms with Gasteiger partial charge in [-0.2, -0.15) is 0 Å². The molecule has 0 radical (unpaired) electrons. The van der Waals surface area contributed by atoms with Crippen molar-refractivity contribution in [2.45, 2.75) is 37.6 Å². The van der Waals surface area contributed by atoms with Crippen LogP contribution in [0.5, 0.6) is 5.75 Å². The van der Waals surface area contributed by atoms with Crippen LogP contribution < -0.4 is 9.04 Å². The lowest BCUT2D eigenvalue weighted by molar-refractivity contribution is 0.402. The van der Waals surface area contributed by atoms with Crippen molar-refractivity contribution >= 4 is 15.7 Å². The number of methoxy groups -OCH3 is 1. The number of nitrogens with zero attached hydrogens (tertiary/aromatic N) is 1. The van der Waals surface area contributed by atoms with E-state index in [0.717, 1.165) is 29.7 Å². The lowest BCUT2D eigenvalue weighted by Crippen LogP contribution is -2.42. The maximum atomic E-state index is 13.3. The van der Waals surface area contributed by atoms with Crippen LogP contribution in [0.3, 0.4) is 0 Å². The number of benzene rings is 2. The molecule has 0 amide bonds. The van der Waals surface area contributed by atoms with Crippen molar-refractivity contribution in [1.29, 1.82) is 0 Å². The summed E-state index contributed by atoms with van der Waals surface area (Å²) in [4.78, 5) is 0.226. The number of ether oxygens (including phenoxy) is 1. The summed E-state index contributed by atoms with van der Waals surface area (Å²) < 4.78 is 33.5. The smallest absolute Gasteiger partial charge is 0.268 e. The molecule has 1 unspecified atom stereocenters. The first-order valence-corrected chi connectivity index (χ1v) is 9.16. The van der Waals surface area contributed by atoms with Gasteiger partial charge in [0.15, 0.2) is 0 Å². The van der Waals surface area contributed by atoms with Crippen molar-refractivity contribution in [1.82, 2.24) is 0 Å². The van der Waals surface area contributed by atoms with Crippen LogP contribution in [0, 0.1) is 6.92 Å². The topological polar surface area (TPSA) is 46.6 Å². The second kappa shape index (κ2) is 5.89. The molecule has 0 fully saturated rings. The molecule has 1 aliphatic rings. The molecule has 4 nitrogen and oxygen atoms in total. The van der Waals surface area contributed by atoms with Crippen LogP contribution in [0.2, 0.25) is 0 Å². The first-order valence-electron chi connectivity index (χ1n) is 7.72. The van der Waals surface area contributed by atoms with E-state index in [1.807, 2.05) is 44.2 Å². The highest BCUT2D eigenvalue weighted by atomic mass is 32.2. The fourth-order valence-electron chi connectivity index (χ4n) is 3.11. The highest BCUT2D eigenvalue weighted by Crippen LogP contribution is 2.37. The van der Waals surface area contributed by atoms with E-state index < -0.39 is 10.0 Å². The molecule has 0 bridgehead atoms. The van der Waals surface area contributed by atoms with Gasteiger partial charge in [-0.25, -0.2) is 8.42 Å². The van der Waals surface area contributed by atoms with E-state index in [0.29, 0.717) is 5.75 Å².